The number of hydrogen-bond acceptors (Lipinski definition) is 2. The molecule has 0 aliphatic carbocycles. The first-order chi connectivity index (χ1) is 7.27. The number of aromatic nitrogens is 1. The van der Waals surface area contributed by atoms with Crippen molar-refractivity contribution in [1.29, 1.82) is 0 Å². The van der Waals surface area contributed by atoms with Gasteiger partial charge in [-0.05, 0) is 46.4 Å². The second-order valence-electron chi connectivity index (χ2n) is 3.24. The molecular formula is C12H10INO. The summed E-state index contributed by atoms with van der Waals surface area (Å²) >= 11 is 2.23. The van der Waals surface area contributed by atoms with E-state index in [2.05, 4.69) is 27.6 Å². The Balaban J connectivity index is 2.32. The Bertz CT molecular complexity index is 444. The van der Waals surface area contributed by atoms with Crippen molar-refractivity contribution in [3.63, 3.8) is 0 Å². The summed E-state index contributed by atoms with van der Waals surface area (Å²) in [6, 6.07) is 11.5. The van der Waals surface area contributed by atoms with Crippen LogP contribution in [0.3, 0.4) is 0 Å². The number of nitrogens with zero attached hydrogens (tertiary/aromatic N) is 1. The van der Waals surface area contributed by atoms with Crippen molar-refractivity contribution in [3.05, 3.63) is 63.5 Å². The van der Waals surface area contributed by atoms with Crippen LogP contribution in [0.1, 0.15) is 17.2 Å². The van der Waals surface area contributed by atoms with Gasteiger partial charge in [-0.25, -0.2) is 0 Å². The molecule has 1 atom stereocenters. The van der Waals surface area contributed by atoms with E-state index in [9.17, 15) is 5.11 Å². The smallest absolute Gasteiger partial charge is 0.106 e. The van der Waals surface area contributed by atoms with Crippen LogP contribution in [0.25, 0.3) is 0 Å². The maximum atomic E-state index is 10.1. The van der Waals surface area contributed by atoms with Crippen molar-refractivity contribution in [1.82, 2.24) is 4.98 Å². The average molecular weight is 311 g/mol. The monoisotopic (exact) mass is 311 g/mol. The first-order valence-corrected chi connectivity index (χ1v) is 5.69. The highest BCUT2D eigenvalue weighted by Gasteiger charge is 2.09. The Labute approximate surface area is 102 Å². The van der Waals surface area contributed by atoms with Gasteiger partial charge in [0.15, 0.2) is 0 Å². The Morgan fingerprint density at radius 1 is 1.13 bits per heavy atom. The average Bonchev–Trinajstić information content (AvgIpc) is 2.29. The quantitative estimate of drug-likeness (QED) is 0.865. The molecule has 0 amide bonds. The largest absolute Gasteiger partial charge is 0.384 e. The van der Waals surface area contributed by atoms with Gasteiger partial charge in [0.1, 0.15) is 6.10 Å². The fourth-order valence-electron chi connectivity index (χ4n) is 1.41. The molecule has 2 rings (SSSR count). The zero-order valence-corrected chi connectivity index (χ0v) is 10.1. The van der Waals surface area contributed by atoms with Gasteiger partial charge in [-0.1, -0.05) is 18.2 Å². The summed E-state index contributed by atoms with van der Waals surface area (Å²) in [5, 5.41) is 10.1. The lowest BCUT2D eigenvalue weighted by Gasteiger charge is -2.10. The van der Waals surface area contributed by atoms with Gasteiger partial charge in [-0.15, -0.1) is 0 Å². The number of halogens is 1. The second-order valence-corrected chi connectivity index (χ2v) is 4.49. The summed E-state index contributed by atoms with van der Waals surface area (Å²) in [4.78, 5) is 3.99. The number of benzene rings is 1. The molecule has 2 nitrogen and oxygen atoms in total. The van der Waals surface area contributed by atoms with E-state index in [1.165, 1.54) is 0 Å². The van der Waals surface area contributed by atoms with Crippen LogP contribution < -0.4 is 0 Å². The summed E-state index contributed by atoms with van der Waals surface area (Å²) in [5.74, 6) is 0. The topological polar surface area (TPSA) is 33.1 Å². The third-order valence-electron chi connectivity index (χ3n) is 2.16. The van der Waals surface area contributed by atoms with Crippen LogP contribution in [0, 0.1) is 3.57 Å². The lowest BCUT2D eigenvalue weighted by Crippen LogP contribution is -1.99. The highest BCUT2D eigenvalue weighted by atomic mass is 127. The van der Waals surface area contributed by atoms with Crippen LogP contribution in [0.2, 0.25) is 0 Å². The minimum Gasteiger partial charge on any atom is -0.384 e. The van der Waals surface area contributed by atoms with Gasteiger partial charge < -0.3 is 5.11 Å². The lowest BCUT2D eigenvalue weighted by molar-refractivity contribution is 0.220. The van der Waals surface area contributed by atoms with Gasteiger partial charge in [-0.2, -0.15) is 0 Å². The molecule has 0 spiro atoms. The molecule has 1 heterocycles. The minimum absolute atomic E-state index is 0.589. The van der Waals surface area contributed by atoms with Gasteiger partial charge in [0.25, 0.3) is 0 Å². The fourth-order valence-corrected chi connectivity index (χ4v) is 1.97. The molecular weight excluding hydrogens is 301 g/mol. The molecule has 1 unspecified atom stereocenters. The number of rotatable bonds is 2. The predicted molar refractivity (Wildman–Crippen MR) is 67.5 cm³/mol. The van der Waals surface area contributed by atoms with E-state index in [4.69, 9.17) is 0 Å². The maximum Gasteiger partial charge on any atom is 0.106 e. The van der Waals surface area contributed by atoms with Gasteiger partial charge in [0.05, 0.1) is 0 Å². The highest BCUT2D eigenvalue weighted by molar-refractivity contribution is 14.1. The summed E-state index contributed by atoms with van der Waals surface area (Å²) < 4.78 is 1.12. The molecule has 1 aromatic heterocycles. The molecule has 0 aliphatic heterocycles. The molecule has 0 fully saturated rings. The predicted octanol–water partition coefficient (Wildman–Crippen LogP) is 2.77. The zero-order chi connectivity index (χ0) is 10.7. The normalized spacial score (nSPS) is 12.4. The molecule has 0 bridgehead atoms. The van der Waals surface area contributed by atoms with Crippen LogP contribution in [-0.4, -0.2) is 10.1 Å². The highest BCUT2D eigenvalue weighted by Crippen LogP contribution is 2.22. The van der Waals surface area contributed by atoms with Crippen molar-refractivity contribution in [2.24, 2.45) is 0 Å². The molecule has 0 aliphatic rings. The van der Waals surface area contributed by atoms with Crippen LogP contribution >= 0.6 is 22.6 Å². The van der Waals surface area contributed by atoms with E-state index in [1.54, 1.807) is 12.4 Å². The SMILES string of the molecule is OC(c1cccnc1)c1cccc(I)c1. The molecule has 2 aromatic rings. The minimum atomic E-state index is -0.589. The Morgan fingerprint density at radius 2 is 1.93 bits per heavy atom. The summed E-state index contributed by atoms with van der Waals surface area (Å²) in [6.45, 7) is 0. The molecule has 0 saturated heterocycles. The molecule has 76 valence electrons. The van der Waals surface area contributed by atoms with Crippen LogP contribution in [0.5, 0.6) is 0 Å². The third kappa shape index (κ3) is 2.54. The summed E-state index contributed by atoms with van der Waals surface area (Å²) in [6.07, 6.45) is 2.79. The van der Waals surface area contributed by atoms with E-state index in [-0.39, 0.29) is 0 Å². The van der Waals surface area contributed by atoms with E-state index < -0.39 is 6.10 Å². The molecule has 15 heavy (non-hydrogen) atoms. The summed E-state index contributed by atoms with van der Waals surface area (Å²) in [7, 11) is 0. The molecule has 0 radical (unpaired) electrons. The first kappa shape index (κ1) is 10.6. The zero-order valence-electron chi connectivity index (χ0n) is 7.97. The lowest BCUT2D eigenvalue weighted by atomic mass is 10.0. The number of aliphatic hydroxyl groups excluding tert-OH is 1. The summed E-state index contributed by atoms with van der Waals surface area (Å²) in [5.41, 5.74) is 1.72. The van der Waals surface area contributed by atoms with Gasteiger partial charge in [0.2, 0.25) is 0 Å². The van der Waals surface area contributed by atoms with Crippen molar-refractivity contribution in [2.45, 2.75) is 6.10 Å². The van der Waals surface area contributed by atoms with Crippen molar-refractivity contribution in [3.8, 4) is 0 Å². The van der Waals surface area contributed by atoms with Gasteiger partial charge in [-0.3, -0.25) is 4.98 Å². The van der Waals surface area contributed by atoms with E-state index in [1.807, 2.05) is 36.4 Å². The second kappa shape index (κ2) is 4.72. The fraction of sp³-hybridized carbons (Fsp3) is 0.0833. The Morgan fingerprint density at radius 3 is 2.60 bits per heavy atom. The van der Waals surface area contributed by atoms with E-state index in [0.29, 0.717) is 0 Å². The number of aliphatic hydroxyl groups is 1. The van der Waals surface area contributed by atoms with Crippen molar-refractivity contribution < 1.29 is 5.11 Å². The number of hydrogen-bond donors (Lipinski definition) is 1. The Hall–Kier alpha value is -0.940. The third-order valence-corrected chi connectivity index (χ3v) is 2.84. The molecule has 1 aromatic carbocycles. The van der Waals surface area contributed by atoms with E-state index >= 15 is 0 Å². The van der Waals surface area contributed by atoms with E-state index in [0.717, 1.165) is 14.7 Å². The number of pyridine rings is 1. The Kier molecular flexibility index (Phi) is 3.33. The van der Waals surface area contributed by atoms with Crippen LogP contribution in [0.4, 0.5) is 0 Å². The van der Waals surface area contributed by atoms with Crippen molar-refractivity contribution in [2.75, 3.05) is 0 Å². The first-order valence-electron chi connectivity index (χ1n) is 4.61. The molecule has 3 heteroatoms. The molecule has 0 saturated carbocycles. The maximum absolute atomic E-state index is 10.1. The van der Waals surface area contributed by atoms with Crippen LogP contribution in [0.15, 0.2) is 48.8 Å². The molecule has 1 N–H and O–H groups in total. The van der Waals surface area contributed by atoms with Gasteiger partial charge in [0, 0.05) is 21.5 Å². The van der Waals surface area contributed by atoms with Gasteiger partial charge >= 0.3 is 0 Å². The standard InChI is InChI=1S/C12H10INO/c13-11-5-1-3-9(7-11)12(15)10-4-2-6-14-8-10/h1-8,12,15H. The van der Waals surface area contributed by atoms with Crippen molar-refractivity contribution >= 4 is 22.6 Å². The van der Waals surface area contributed by atoms with Crippen LogP contribution in [-0.2, 0) is 0 Å².